The van der Waals surface area contributed by atoms with Crippen LogP contribution in [0.5, 0.6) is 17.2 Å². The second-order valence-corrected chi connectivity index (χ2v) is 7.89. The molecule has 5 nitrogen and oxygen atoms in total. The van der Waals surface area contributed by atoms with Gasteiger partial charge in [0, 0.05) is 19.0 Å². The zero-order valence-corrected chi connectivity index (χ0v) is 17.1. The van der Waals surface area contributed by atoms with E-state index in [2.05, 4.69) is 29.2 Å². The van der Waals surface area contributed by atoms with Crippen LogP contribution in [-0.2, 0) is 17.8 Å². The van der Waals surface area contributed by atoms with E-state index in [9.17, 15) is 4.79 Å². The van der Waals surface area contributed by atoms with Crippen molar-refractivity contribution < 1.29 is 19.0 Å². The van der Waals surface area contributed by atoms with E-state index in [1.54, 1.807) is 21.3 Å². The lowest BCUT2D eigenvalue weighted by atomic mass is 9.82. The monoisotopic (exact) mass is 391 g/mol. The quantitative estimate of drug-likeness (QED) is 0.619. The highest BCUT2D eigenvalue weighted by Gasteiger charge is 2.34. The topological polar surface area (TPSA) is 48.0 Å². The van der Waals surface area contributed by atoms with Gasteiger partial charge >= 0.3 is 0 Å². The van der Waals surface area contributed by atoms with Gasteiger partial charge in [0.2, 0.25) is 5.91 Å². The number of nitrogens with zero attached hydrogens (tertiary/aromatic N) is 1. The summed E-state index contributed by atoms with van der Waals surface area (Å²) in [5.41, 5.74) is 2.57. The van der Waals surface area contributed by atoms with Crippen LogP contribution in [0.4, 0.5) is 0 Å². The SMILES string of the molecule is COc1ccc2c3c(c4cc(OC)c(OC)cc4c2c1)C[C@H]1CCCC(=O)N1C3. The summed E-state index contributed by atoms with van der Waals surface area (Å²) in [7, 11) is 5.01. The van der Waals surface area contributed by atoms with Crippen LogP contribution in [-0.4, -0.2) is 38.2 Å². The third-order valence-corrected chi connectivity index (χ3v) is 6.51. The molecule has 3 aromatic carbocycles. The van der Waals surface area contributed by atoms with Gasteiger partial charge in [-0.15, -0.1) is 0 Å². The average molecular weight is 391 g/mol. The Morgan fingerprint density at radius 1 is 0.862 bits per heavy atom. The lowest BCUT2D eigenvalue weighted by Crippen LogP contribution is -2.47. The Balaban J connectivity index is 1.85. The van der Waals surface area contributed by atoms with E-state index in [-0.39, 0.29) is 11.9 Å². The van der Waals surface area contributed by atoms with Crippen molar-refractivity contribution in [3.8, 4) is 17.2 Å². The van der Waals surface area contributed by atoms with Crippen molar-refractivity contribution in [3.63, 3.8) is 0 Å². The first-order valence-corrected chi connectivity index (χ1v) is 10.1. The molecular weight excluding hydrogens is 366 g/mol. The van der Waals surface area contributed by atoms with Crippen LogP contribution in [0.1, 0.15) is 30.4 Å². The maximum Gasteiger partial charge on any atom is 0.223 e. The third-order valence-electron chi connectivity index (χ3n) is 6.51. The number of hydrogen-bond donors (Lipinski definition) is 0. The second kappa shape index (κ2) is 6.83. The van der Waals surface area contributed by atoms with E-state index in [4.69, 9.17) is 14.2 Å². The predicted molar refractivity (Wildman–Crippen MR) is 113 cm³/mol. The van der Waals surface area contributed by atoms with E-state index >= 15 is 0 Å². The highest BCUT2D eigenvalue weighted by Crippen LogP contribution is 2.44. The number of fused-ring (bicyclic) bond motifs is 7. The van der Waals surface area contributed by atoms with Gasteiger partial charge in [0.1, 0.15) is 5.75 Å². The average Bonchev–Trinajstić information content (AvgIpc) is 2.77. The number of benzene rings is 3. The molecule has 150 valence electrons. The summed E-state index contributed by atoms with van der Waals surface area (Å²) >= 11 is 0. The Morgan fingerprint density at radius 3 is 2.31 bits per heavy atom. The maximum atomic E-state index is 12.6. The molecule has 5 heteroatoms. The smallest absolute Gasteiger partial charge is 0.223 e. The summed E-state index contributed by atoms with van der Waals surface area (Å²) in [5, 5.41) is 4.60. The van der Waals surface area contributed by atoms with Gasteiger partial charge < -0.3 is 19.1 Å². The number of piperidine rings is 1. The molecule has 0 aliphatic carbocycles. The molecule has 2 heterocycles. The number of carbonyl (C=O) groups is 1. The molecule has 1 amide bonds. The van der Waals surface area contributed by atoms with Crippen LogP contribution >= 0.6 is 0 Å². The zero-order valence-electron chi connectivity index (χ0n) is 17.1. The zero-order chi connectivity index (χ0) is 20.1. The molecule has 2 aliphatic heterocycles. The summed E-state index contributed by atoms with van der Waals surface area (Å²) in [6, 6.07) is 10.6. The first kappa shape index (κ1) is 18.1. The van der Waals surface area contributed by atoms with Crippen molar-refractivity contribution in [2.45, 2.75) is 38.3 Å². The van der Waals surface area contributed by atoms with Gasteiger partial charge in [0.25, 0.3) is 0 Å². The Morgan fingerprint density at radius 2 is 1.59 bits per heavy atom. The molecular formula is C24H25NO4. The molecule has 0 N–H and O–H groups in total. The highest BCUT2D eigenvalue weighted by molar-refractivity contribution is 6.12. The Labute approximate surface area is 170 Å². The highest BCUT2D eigenvalue weighted by atomic mass is 16.5. The number of ether oxygens (including phenoxy) is 3. The minimum Gasteiger partial charge on any atom is -0.497 e. The minimum absolute atomic E-state index is 0.279. The summed E-state index contributed by atoms with van der Waals surface area (Å²) in [6.07, 6.45) is 3.60. The van der Waals surface area contributed by atoms with E-state index in [1.807, 2.05) is 6.07 Å². The Hall–Kier alpha value is -2.95. The number of rotatable bonds is 3. The molecule has 0 aromatic heterocycles. The summed E-state index contributed by atoms with van der Waals surface area (Å²) < 4.78 is 16.7. The molecule has 2 aliphatic rings. The van der Waals surface area contributed by atoms with Crippen LogP contribution < -0.4 is 14.2 Å². The normalized spacial score (nSPS) is 18.5. The Bertz CT molecular complexity index is 1140. The van der Waals surface area contributed by atoms with Gasteiger partial charge in [0.15, 0.2) is 11.5 Å². The number of carbonyl (C=O) groups excluding carboxylic acids is 1. The lowest BCUT2D eigenvalue weighted by molar-refractivity contribution is -0.137. The van der Waals surface area contributed by atoms with Crippen molar-refractivity contribution in [1.29, 1.82) is 0 Å². The Kier molecular flexibility index (Phi) is 4.26. The number of methoxy groups -OCH3 is 3. The van der Waals surface area contributed by atoms with E-state index in [1.165, 1.54) is 21.9 Å². The van der Waals surface area contributed by atoms with E-state index in [0.717, 1.165) is 41.5 Å². The third kappa shape index (κ3) is 2.71. The number of amides is 1. The van der Waals surface area contributed by atoms with Crippen LogP contribution in [0, 0.1) is 0 Å². The van der Waals surface area contributed by atoms with Crippen molar-refractivity contribution in [2.75, 3.05) is 21.3 Å². The largest absolute Gasteiger partial charge is 0.497 e. The molecule has 0 bridgehead atoms. The molecule has 0 radical (unpaired) electrons. The molecule has 3 aromatic rings. The van der Waals surface area contributed by atoms with Crippen molar-refractivity contribution >= 4 is 27.5 Å². The summed E-state index contributed by atoms with van der Waals surface area (Å²) in [6.45, 7) is 0.673. The fraction of sp³-hybridized carbons (Fsp3) is 0.375. The van der Waals surface area contributed by atoms with Gasteiger partial charge in [-0.25, -0.2) is 0 Å². The molecule has 1 saturated heterocycles. The predicted octanol–water partition coefficient (Wildman–Crippen LogP) is 4.46. The van der Waals surface area contributed by atoms with Gasteiger partial charge in [-0.05, 0) is 76.2 Å². The second-order valence-electron chi connectivity index (χ2n) is 7.89. The maximum absolute atomic E-state index is 12.6. The van der Waals surface area contributed by atoms with Crippen LogP contribution in [0.25, 0.3) is 21.5 Å². The van der Waals surface area contributed by atoms with Crippen LogP contribution in [0.15, 0.2) is 30.3 Å². The molecule has 1 atom stereocenters. The van der Waals surface area contributed by atoms with E-state index in [0.29, 0.717) is 18.7 Å². The molecule has 29 heavy (non-hydrogen) atoms. The standard InChI is InChI=1S/C24H25NO4/c1-27-15-7-8-16-18(10-15)20-12-23(29-3)22(28-2)11-19(20)17-9-14-5-4-6-24(26)25(14)13-21(16)17/h7-8,10-12,14H,4-6,9,13H2,1-3H3/t14-/m1/s1. The lowest BCUT2D eigenvalue weighted by Gasteiger charge is -2.41. The minimum atomic E-state index is 0.279. The first-order valence-electron chi connectivity index (χ1n) is 10.1. The van der Waals surface area contributed by atoms with Crippen LogP contribution in [0.3, 0.4) is 0 Å². The number of hydrogen-bond acceptors (Lipinski definition) is 4. The molecule has 0 unspecified atom stereocenters. The van der Waals surface area contributed by atoms with Gasteiger partial charge in [-0.1, -0.05) is 6.07 Å². The summed E-state index contributed by atoms with van der Waals surface area (Å²) in [4.78, 5) is 14.7. The molecule has 5 rings (SSSR count). The van der Waals surface area contributed by atoms with Crippen LogP contribution in [0.2, 0.25) is 0 Å². The molecule has 0 saturated carbocycles. The first-order chi connectivity index (χ1) is 14.1. The fourth-order valence-corrected chi connectivity index (χ4v) is 5.05. The molecule has 0 spiro atoms. The molecule has 1 fully saturated rings. The van der Waals surface area contributed by atoms with E-state index < -0.39 is 0 Å². The van der Waals surface area contributed by atoms with Crippen molar-refractivity contribution in [1.82, 2.24) is 4.90 Å². The van der Waals surface area contributed by atoms with Gasteiger partial charge in [-0.3, -0.25) is 4.79 Å². The van der Waals surface area contributed by atoms with Crippen molar-refractivity contribution in [2.24, 2.45) is 0 Å². The van der Waals surface area contributed by atoms with Crippen molar-refractivity contribution in [3.05, 3.63) is 41.5 Å². The summed E-state index contributed by atoms with van der Waals surface area (Å²) in [5.74, 6) is 2.54. The van der Waals surface area contributed by atoms with Gasteiger partial charge in [0.05, 0.1) is 21.3 Å². The fourth-order valence-electron chi connectivity index (χ4n) is 5.05. The van der Waals surface area contributed by atoms with Gasteiger partial charge in [-0.2, -0.15) is 0 Å².